The smallest absolute Gasteiger partial charge is 0.194 e. The van der Waals surface area contributed by atoms with Gasteiger partial charge in [0.2, 0.25) is 0 Å². The standard InChI is InChI=1S/C18H27N3O2.HI/c1-2-19-18(21-10-9-14(22)12-21)20-11-16-15-6-4-3-5-13(15)7-8-17(16)23;/h7-8,14,22-23H,2-6,9-12H2,1H3,(H,19,20);1H/t14-;/m1./s1. The van der Waals surface area contributed by atoms with Crippen LogP contribution in [0.4, 0.5) is 0 Å². The Morgan fingerprint density at radius 2 is 2.12 bits per heavy atom. The number of rotatable bonds is 3. The minimum atomic E-state index is -0.267. The Morgan fingerprint density at radius 1 is 1.33 bits per heavy atom. The van der Waals surface area contributed by atoms with E-state index in [-0.39, 0.29) is 30.1 Å². The number of nitrogens with one attached hydrogen (secondary N) is 1. The van der Waals surface area contributed by atoms with Crippen molar-refractivity contribution in [2.45, 2.75) is 51.7 Å². The summed E-state index contributed by atoms with van der Waals surface area (Å²) in [6, 6.07) is 3.86. The van der Waals surface area contributed by atoms with Crippen LogP contribution in [0.3, 0.4) is 0 Å². The van der Waals surface area contributed by atoms with Gasteiger partial charge in [0, 0.05) is 25.2 Å². The zero-order valence-electron chi connectivity index (χ0n) is 14.3. The van der Waals surface area contributed by atoms with Crippen LogP contribution in [0.2, 0.25) is 0 Å². The molecule has 0 bridgehead atoms. The van der Waals surface area contributed by atoms with Crippen LogP contribution in [0.1, 0.15) is 42.9 Å². The number of phenols is 1. The highest BCUT2D eigenvalue weighted by Crippen LogP contribution is 2.31. The number of phenolic OH excluding ortho intramolecular Hbond substituents is 1. The number of aliphatic hydroxyl groups is 1. The van der Waals surface area contributed by atoms with Gasteiger partial charge < -0.3 is 20.4 Å². The molecule has 0 amide bonds. The van der Waals surface area contributed by atoms with Gasteiger partial charge in [-0.15, -0.1) is 24.0 Å². The van der Waals surface area contributed by atoms with Crippen molar-refractivity contribution in [3.63, 3.8) is 0 Å². The molecule has 3 N–H and O–H groups in total. The third kappa shape index (κ3) is 4.33. The Labute approximate surface area is 161 Å². The van der Waals surface area contributed by atoms with Crippen molar-refractivity contribution in [1.29, 1.82) is 0 Å². The molecule has 1 heterocycles. The fourth-order valence-corrected chi connectivity index (χ4v) is 3.58. The third-order valence-electron chi connectivity index (χ3n) is 4.81. The SMILES string of the molecule is CCNC(=NCc1c(O)ccc2c1CCCC2)N1CC[C@@H](O)C1.I. The molecule has 1 aliphatic heterocycles. The second-order valence-corrected chi connectivity index (χ2v) is 6.47. The van der Waals surface area contributed by atoms with Crippen LogP contribution >= 0.6 is 24.0 Å². The van der Waals surface area contributed by atoms with E-state index < -0.39 is 0 Å². The number of aromatic hydroxyl groups is 1. The summed E-state index contributed by atoms with van der Waals surface area (Å²) in [6.45, 7) is 4.79. The number of halogens is 1. The topological polar surface area (TPSA) is 68.1 Å². The molecule has 0 saturated carbocycles. The van der Waals surface area contributed by atoms with Gasteiger partial charge in [-0.3, -0.25) is 0 Å². The monoisotopic (exact) mass is 445 g/mol. The lowest BCUT2D eigenvalue weighted by molar-refractivity contribution is 0.188. The van der Waals surface area contributed by atoms with Crippen LogP contribution in [-0.4, -0.2) is 46.8 Å². The predicted octanol–water partition coefficient (Wildman–Crippen LogP) is 2.42. The van der Waals surface area contributed by atoms with Gasteiger partial charge >= 0.3 is 0 Å². The van der Waals surface area contributed by atoms with Crippen molar-refractivity contribution in [2.24, 2.45) is 4.99 Å². The summed E-state index contributed by atoms with van der Waals surface area (Å²) < 4.78 is 0. The molecule has 0 unspecified atom stereocenters. The molecule has 0 aromatic heterocycles. The molecule has 0 spiro atoms. The van der Waals surface area contributed by atoms with Crippen molar-refractivity contribution < 1.29 is 10.2 Å². The first-order chi connectivity index (χ1) is 11.2. The molecule has 6 heteroatoms. The van der Waals surface area contributed by atoms with Crippen molar-refractivity contribution in [1.82, 2.24) is 10.2 Å². The first kappa shape index (κ1) is 19.3. The number of benzene rings is 1. The van der Waals surface area contributed by atoms with Gasteiger partial charge in [-0.25, -0.2) is 4.99 Å². The summed E-state index contributed by atoms with van der Waals surface area (Å²) in [5.41, 5.74) is 3.62. The molecule has 1 aromatic rings. The maximum Gasteiger partial charge on any atom is 0.194 e. The third-order valence-corrected chi connectivity index (χ3v) is 4.81. The molecule has 1 fully saturated rings. The minimum Gasteiger partial charge on any atom is -0.508 e. The minimum absolute atomic E-state index is 0. The molecule has 3 rings (SSSR count). The van der Waals surface area contributed by atoms with Gasteiger partial charge in [0.25, 0.3) is 0 Å². The molecule has 5 nitrogen and oxygen atoms in total. The van der Waals surface area contributed by atoms with E-state index in [2.05, 4.69) is 16.3 Å². The largest absolute Gasteiger partial charge is 0.508 e. The molecule has 2 aliphatic rings. The van der Waals surface area contributed by atoms with E-state index in [1.807, 2.05) is 13.0 Å². The fourth-order valence-electron chi connectivity index (χ4n) is 3.58. The van der Waals surface area contributed by atoms with E-state index in [1.54, 1.807) is 0 Å². The molecular formula is C18H28IN3O2. The van der Waals surface area contributed by atoms with Crippen molar-refractivity contribution >= 4 is 29.9 Å². The van der Waals surface area contributed by atoms with Crippen LogP contribution in [0.25, 0.3) is 0 Å². The van der Waals surface area contributed by atoms with E-state index in [1.165, 1.54) is 24.0 Å². The summed E-state index contributed by atoms with van der Waals surface area (Å²) in [6.07, 6.45) is 5.08. The van der Waals surface area contributed by atoms with Crippen molar-refractivity contribution in [3.05, 3.63) is 28.8 Å². The number of guanidine groups is 1. The van der Waals surface area contributed by atoms with Crippen LogP contribution in [-0.2, 0) is 19.4 Å². The molecule has 1 saturated heterocycles. The number of aliphatic imine (C=N–C) groups is 1. The van der Waals surface area contributed by atoms with E-state index in [0.717, 1.165) is 43.9 Å². The van der Waals surface area contributed by atoms with Gasteiger partial charge in [-0.2, -0.15) is 0 Å². The molecule has 134 valence electrons. The van der Waals surface area contributed by atoms with E-state index in [9.17, 15) is 10.2 Å². The van der Waals surface area contributed by atoms with Crippen molar-refractivity contribution in [3.8, 4) is 5.75 Å². The average molecular weight is 445 g/mol. The first-order valence-electron chi connectivity index (χ1n) is 8.73. The molecule has 0 radical (unpaired) electrons. The van der Waals surface area contributed by atoms with E-state index >= 15 is 0 Å². The number of β-amino-alcohol motifs (C(OH)–C–C–N with tert-alkyl or cyclic N) is 1. The van der Waals surface area contributed by atoms with Gasteiger partial charge in [-0.05, 0) is 56.2 Å². The molecule has 24 heavy (non-hydrogen) atoms. The zero-order valence-corrected chi connectivity index (χ0v) is 16.6. The maximum atomic E-state index is 10.3. The van der Waals surface area contributed by atoms with Crippen LogP contribution in [0, 0.1) is 0 Å². The molecule has 1 aliphatic carbocycles. The molecular weight excluding hydrogens is 417 g/mol. The quantitative estimate of drug-likeness (QED) is 0.380. The van der Waals surface area contributed by atoms with Gasteiger partial charge in [0.1, 0.15) is 5.75 Å². The number of hydrogen-bond acceptors (Lipinski definition) is 3. The average Bonchev–Trinajstić information content (AvgIpc) is 2.99. The highest BCUT2D eigenvalue weighted by Gasteiger charge is 2.23. The first-order valence-corrected chi connectivity index (χ1v) is 8.73. The van der Waals surface area contributed by atoms with Crippen LogP contribution < -0.4 is 5.32 Å². The normalized spacial score (nSPS) is 20.5. The van der Waals surface area contributed by atoms with E-state index in [4.69, 9.17) is 4.99 Å². The number of hydrogen-bond donors (Lipinski definition) is 3. The summed E-state index contributed by atoms with van der Waals surface area (Å²) in [4.78, 5) is 6.83. The van der Waals surface area contributed by atoms with Gasteiger partial charge in [0.15, 0.2) is 5.96 Å². The maximum absolute atomic E-state index is 10.3. The van der Waals surface area contributed by atoms with Crippen LogP contribution in [0.5, 0.6) is 5.75 Å². The summed E-state index contributed by atoms with van der Waals surface area (Å²) in [7, 11) is 0. The van der Waals surface area contributed by atoms with Crippen molar-refractivity contribution in [2.75, 3.05) is 19.6 Å². The predicted molar refractivity (Wildman–Crippen MR) is 107 cm³/mol. The Bertz CT molecular complexity index is 592. The second-order valence-electron chi connectivity index (χ2n) is 6.47. The highest BCUT2D eigenvalue weighted by molar-refractivity contribution is 14.0. The summed E-state index contributed by atoms with van der Waals surface area (Å²) in [5, 5.41) is 23.3. The Morgan fingerprint density at radius 3 is 2.83 bits per heavy atom. The Balaban J connectivity index is 0.00000208. The molecule has 1 atom stereocenters. The van der Waals surface area contributed by atoms with Gasteiger partial charge in [-0.1, -0.05) is 6.07 Å². The lowest BCUT2D eigenvalue weighted by Gasteiger charge is -2.22. The Kier molecular flexibility index (Phi) is 7.16. The number of likely N-dealkylation sites (tertiary alicyclic amines) is 1. The fraction of sp³-hybridized carbons (Fsp3) is 0.611. The number of aryl methyl sites for hydroxylation is 1. The highest BCUT2D eigenvalue weighted by atomic mass is 127. The lowest BCUT2D eigenvalue weighted by Crippen LogP contribution is -2.40. The van der Waals surface area contributed by atoms with Gasteiger partial charge in [0.05, 0.1) is 12.6 Å². The Hall–Kier alpha value is -1.02. The lowest BCUT2D eigenvalue weighted by atomic mass is 9.88. The number of aliphatic hydroxyl groups excluding tert-OH is 1. The molecule has 1 aromatic carbocycles. The number of nitrogens with zero attached hydrogens (tertiary/aromatic N) is 2. The second kappa shape index (κ2) is 8.89. The summed E-state index contributed by atoms with van der Waals surface area (Å²) >= 11 is 0. The summed E-state index contributed by atoms with van der Waals surface area (Å²) in [5.74, 6) is 1.18. The van der Waals surface area contributed by atoms with Crippen LogP contribution in [0.15, 0.2) is 17.1 Å². The zero-order chi connectivity index (χ0) is 16.2. The van der Waals surface area contributed by atoms with E-state index in [0.29, 0.717) is 18.8 Å². The number of fused-ring (bicyclic) bond motifs is 1.